The van der Waals surface area contributed by atoms with E-state index in [0.29, 0.717) is 17.0 Å². The van der Waals surface area contributed by atoms with Crippen LogP contribution < -0.4 is 31.9 Å². The molecule has 59 heavy (non-hydrogen) atoms. The van der Waals surface area contributed by atoms with Gasteiger partial charge < -0.3 is 31.5 Å². The molecule has 20 heteroatoms. The normalized spacial score (nSPS) is 27.7. The van der Waals surface area contributed by atoms with Gasteiger partial charge in [0.15, 0.2) is 12.1 Å². The van der Waals surface area contributed by atoms with Crippen molar-refractivity contribution in [3.63, 3.8) is 0 Å². The molecule has 2 heterocycles. The van der Waals surface area contributed by atoms with E-state index < -0.39 is 121 Å². The van der Waals surface area contributed by atoms with Crippen LogP contribution >= 0.6 is 23.2 Å². The predicted molar refractivity (Wildman–Crippen MR) is 209 cm³/mol. The van der Waals surface area contributed by atoms with Crippen LogP contribution in [0.4, 0.5) is 17.6 Å². The summed E-state index contributed by atoms with van der Waals surface area (Å²) in [7, 11) is 1.38. The lowest BCUT2D eigenvalue weighted by Gasteiger charge is -2.33. The van der Waals surface area contributed by atoms with E-state index >= 15 is 0 Å². The van der Waals surface area contributed by atoms with Gasteiger partial charge >= 0.3 is 6.18 Å². The second kappa shape index (κ2) is 20.0. The summed E-state index contributed by atoms with van der Waals surface area (Å²) in [6.07, 6.45) is -7.79. The molecule has 0 spiro atoms. The molecule has 2 aliphatic heterocycles. The second-order valence-corrected chi connectivity index (χ2v) is 16.9. The molecule has 6 N–H and O–H groups in total. The number of likely N-dealkylation sites (N-methyl/N-ethyl adjacent to an activating group) is 1. The summed E-state index contributed by atoms with van der Waals surface area (Å²) in [6.45, 7) is 6.79. The molecule has 328 valence electrons. The summed E-state index contributed by atoms with van der Waals surface area (Å²) >= 11 is 12.7. The highest BCUT2D eigenvalue weighted by atomic mass is 35.5. The smallest absolute Gasteiger partial charge is 0.354 e. The van der Waals surface area contributed by atoms with Crippen LogP contribution in [0.1, 0.15) is 84.6 Å². The van der Waals surface area contributed by atoms with E-state index in [-0.39, 0.29) is 49.6 Å². The first kappa shape index (κ1) is 47.6. The van der Waals surface area contributed by atoms with Crippen molar-refractivity contribution in [2.24, 2.45) is 17.3 Å². The Balaban J connectivity index is 1.57. The number of carbonyl (C=O) groups is 7. The number of benzene rings is 1. The zero-order valence-corrected chi connectivity index (χ0v) is 35.1. The molecule has 1 aliphatic carbocycles. The number of hydrogen-bond acceptors (Lipinski definition) is 8. The van der Waals surface area contributed by atoms with Crippen molar-refractivity contribution in [3.05, 3.63) is 33.8 Å². The van der Waals surface area contributed by atoms with Gasteiger partial charge in [-0.3, -0.25) is 38.9 Å². The molecule has 2 saturated heterocycles. The van der Waals surface area contributed by atoms with Crippen molar-refractivity contribution in [3.8, 4) is 0 Å². The molecule has 4 rings (SSSR count). The third-order valence-corrected chi connectivity index (χ3v) is 11.7. The first-order valence-electron chi connectivity index (χ1n) is 19.8. The van der Waals surface area contributed by atoms with Crippen molar-refractivity contribution in [1.82, 2.24) is 36.8 Å². The van der Waals surface area contributed by atoms with E-state index in [2.05, 4.69) is 31.9 Å². The van der Waals surface area contributed by atoms with Gasteiger partial charge in [0.25, 0.3) is 0 Å². The van der Waals surface area contributed by atoms with E-state index in [1.54, 1.807) is 18.2 Å². The quantitative estimate of drug-likeness (QED) is 0.144. The fraction of sp³-hybridized carbons (Fsp3) is 0.667. The molecule has 8 atom stereocenters. The van der Waals surface area contributed by atoms with Crippen molar-refractivity contribution in [2.45, 2.75) is 134 Å². The van der Waals surface area contributed by atoms with Crippen LogP contribution in [-0.2, 0) is 40.0 Å². The lowest BCUT2D eigenvalue weighted by Crippen LogP contribution is -2.60. The number of alkyl halides is 4. The first-order valence-corrected chi connectivity index (χ1v) is 20.6. The molecule has 1 aromatic rings. The Bertz CT molecular complexity index is 1770. The van der Waals surface area contributed by atoms with Gasteiger partial charge in [-0.15, -0.1) is 0 Å². The van der Waals surface area contributed by atoms with E-state index in [4.69, 9.17) is 23.2 Å². The molecule has 1 aromatic carbocycles. The van der Waals surface area contributed by atoms with Crippen LogP contribution in [-0.4, -0.2) is 108 Å². The minimum atomic E-state index is -4.86. The van der Waals surface area contributed by atoms with Crippen LogP contribution in [0.2, 0.25) is 10.0 Å². The Labute approximate surface area is 350 Å². The SMILES string of the molecule is CC[C@H](NC(=O)[C@@H]1N[C@@H](F)CC1C(=O)C1(C(F)(F)F)CC1)C(=O)N[C@H]1CCCCNC(=O)[C@@H](C)NC(=O)[C@H](Cc2cc(Cl)ccc2Cl)N(C)C(=O)[C@H](CC(C)C)NC1=O. The monoisotopic (exact) mass is 877 g/mol. The van der Waals surface area contributed by atoms with Crippen LogP contribution in [0.15, 0.2) is 18.2 Å². The molecule has 0 radical (unpaired) electrons. The number of halogens is 6. The minimum absolute atomic E-state index is 0.0161. The molecular formula is C39H53Cl2F4N7O7. The molecule has 0 bridgehead atoms. The number of carbonyl (C=O) groups excluding carboxylic acids is 7. The lowest BCUT2D eigenvalue weighted by atomic mass is 9.84. The van der Waals surface area contributed by atoms with Gasteiger partial charge in [0.2, 0.25) is 35.4 Å². The average molecular weight is 879 g/mol. The highest BCUT2D eigenvalue weighted by Gasteiger charge is 2.70. The number of ketones is 1. The Morgan fingerprint density at radius 2 is 1.69 bits per heavy atom. The molecule has 0 aromatic heterocycles. The highest BCUT2D eigenvalue weighted by Crippen LogP contribution is 2.60. The maximum Gasteiger partial charge on any atom is 0.401 e. The minimum Gasteiger partial charge on any atom is -0.354 e. The fourth-order valence-corrected chi connectivity index (χ4v) is 7.84. The van der Waals surface area contributed by atoms with Crippen molar-refractivity contribution in [1.29, 1.82) is 0 Å². The van der Waals surface area contributed by atoms with Gasteiger partial charge in [-0.25, -0.2) is 4.39 Å². The van der Waals surface area contributed by atoms with Gasteiger partial charge in [-0.05, 0) is 81.5 Å². The van der Waals surface area contributed by atoms with E-state index in [1.165, 1.54) is 20.9 Å². The Kier molecular flexibility index (Phi) is 16.2. The summed E-state index contributed by atoms with van der Waals surface area (Å²) in [4.78, 5) is 96.4. The van der Waals surface area contributed by atoms with Gasteiger partial charge in [-0.2, -0.15) is 13.2 Å². The molecule has 1 saturated carbocycles. The third-order valence-electron chi connectivity index (χ3n) is 11.1. The van der Waals surface area contributed by atoms with Crippen LogP contribution in [0, 0.1) is 17.3 Å². The number of nitrogens with one attached hydrogen (secondary N) is 6. The van der Waals surface area contributed by atoms with Crippen LogP contribution in [0.5, 0.6) is 0 Å². The Morgan fingerprint density at radius 3 is 2.31 bits per heavy atom. The fourth-order valence-electron chi connectivity index (χ4n) is 7.45. The summed E-state index contributed by atoms with van der Waals surface area (Å²) in [5.41, 5.74) is -2.19. The Morgan fingerprint density at radius 1 is 1.02 bits per heavy atom. The van der Waals surface area contributed by atoms with Gasteiger partial charge in [0, 0.05) is 42.4 Å². The standard InChI is InChI=1S/C39H53Cl2F4N7O7/c1-6-25(48-36(58)30-23(18-29(42)51-30)31(53)38(12-13-38)39(43,44)45)33(55)49-26-9-7-8-14-46-32(54)20(4)47-35(57)28(17-21-16-22(40)10-11-24(21)41)52(5)37(59)27(15-19(2)3)50-34(26)56/h10-11,16,19-20,23,25-30,51H,6-9,12-15,17-18H2,1-5H3,(H,46,54)(H,47,57)(H,48,58)(H,49,55)(H,50,56)/t20-,23?,25+,26+,27+,28+,29-,30-/m1/s1. The molecule has 3 aliphatic rings. The topological polar surface area (TPSA) is 195 Å². The average Bonchev–Trinajstić information content (AvgIpc) is 3.90. The summed E-state index contributed by atoms with van der Waals surface area (Å²) in [5, 5.41) is 16.0. The van der Waals surface area contributed by atoms with Gasteiger partial charge in [-0.1, -0.05) is 44.0 Å². The van der Waals surface area contributed by atoms with Crippen molar-refractivity contribution in [2.75, 3.05) is 13.6 Å². The number of amides is 6. The molecule has 6 amide bonds. The van der Waals surface area contributed by atoms with Crippen molar-refractivity contribution < 1.29 is 51.1 Å². The van der Waals surface area contributed by atoms with Gasteiger partial charge in [0.05, 0.1) is 6.04 Å². The maximum atomic E-state index is 14.5. The lowest BCUT2D eigenvalue weighted by molar-refractivity contribution is -0.193. The van der Waals surface area contributed by atoms with E-state index in [9.17, 15) is 51.1 Å². The summed E-state index contributed by atoms with van der Waals surface area (Å²) in [5.74, 6) is -7.56. The summed E-state index contributed by atoms with van der Waals surface area (Å²) < 4.78 is 55.8. The number of rotatable bonds is 11. The highest BCUT2D eigenvalue weighted by molar-refractivity contribution is 6.33. The first-order chi connectivity index (χ1) is 27.6. The van der Waals surface area contributed by atoms with Crippen LogP contribution in [0.25, 0.3) is 0 Å². The second-order valence-electron chi connectivity index (χ2n) is 16.0. The third kappa shape index (κ3) is 11.8. The summed E-state index contributed by atoms with van der Waals surface area (Å²) in [6, 6.07) is -3.10. The number of hydrogen-bond donors (Lipinski definition) is 6. The van der Waals surface area contributed by atoms with E-state index in [0.717, 1.165) is 4.90 Å². The molecule has 14 nitrogen and oxygen atoms in total. The maximum absolute atomic E-state index is 14.5. The molecule has 3 fully saturated rings. The van der Waals surface area contributed by atoms with Gasteiger partial charge in [0.1, 0.15) is 35.6 Å². The Hall–Kier alpha value is -4.03. The van der Waals surface area contributed by atoms with Crippen LogP contribution in [0.3, 0.4) is 0 Å². The molecule has 1 unspecified atom stereocenters. The predicted octanol–water partition coefficient (Wildman–Crippen LogP) is 3.26. The molecular weight excluding hydrogens is 825 g/mol. The van der Waals surface area contributed by atoms with E-state index in [1.807, 2.05) is 13.8 Å². The zero-order chi connectivity index (χ0) is 44.0. The zero-order valence-electron chi connectivity index (χ0n) is 33.6. The largest absolute Gasteiger partial charge is 0.401 e. The number of nitrogens with zero attached hydrogens (tertiary/aromatic N) is 1. The van der Waals surface area contributed by atoms with Crippen molar-refractivity contribution >= 4 is 64.4 Å². The number of Topliss-reactive ketones (excluding diaryl/α,β-unsaturated/α-hetero) is 1.